The van der Waals surface area contributed by atoms with Crippen molar-refractivity contribution in [1.29, 1.82) is 0 Å². The van der Waals surface area contributed by atoms with E-state index in [2.05, 4.69) is 23.8 Å². The highest BCUT2D eigenvalue weighted by molar-refractivity contribution is 6.29. The van der Waals surface area contributed by atoms with Crippen LogP contribution in [0.5, 0.6) is 0 Å². The van der Waals surface area contributed by atoms with Crippen LogP contribution in [0.25, 0.3) is 0 Å². The summed E-state index contributed by atoms with van der Waals surface area (Å²) in [6.45, 7) is 5.77. The molecule has 2 heterocycles. The van der Waals surface area contributed by atoms with Crippen molar-refractivity contribution in [2.45, 2.75) is 39.3 Å². The SMILES string of the molecule is CC(C)C1CCCN(c2cc(Cl)nc(C(F)(F)F)n2)CC1. The molecule has 1 aliphatic rings. The van der Waals surface area contributed by atoms with Gasteiger partial charge >= 0.3 is 6.18 Å². The predicted molar refractivity (Wildman–Crippen MR) is 76.4 cm³/mol. The van der Waals surface area contributed by atoms with E-state index in [0.29, 0.717) is 24.9 Å². The highest BCUT2D eigenvalue weighted by atomic mass is 35.5. The fourth-order valence-electron chi connectivity index (χ4n) is 2.71. The van der Waals surface area contributed by atoms with E-state index in [9.17, 15) is 13.2 Å². The van der Waals surface area contributed by atoms with Gasteiger partial charge in [0.05, 0.1) is 0 Å². The fourth-order valence-corrected chi connectivity index (χ4v) is 2.89. The van der Waals surface area contributed by atoms with Gasteiger partial charge in [-0.05, 0) is 31.1 Å². The molecule has 0 N–H and O–H groups in total. The highest BCUT2D eigenvalue weighted by Gasteiger charge is 2.36. The van der Waals surface area contributed by atoms with Gasteiger partial charge in [0.25, 0.3) is 0 Å². The topological polar surface area (TPSA) is 29.0 Å². The first-order valence-corrected chi connectivity index (χ1v) is 7.52. The van der Waals surface area contributed by atoms with E-state index in [4.69, 9.17) is 11.6 Å². The summed E-state index contributed by atoms with van der Waals surface area (Å²) in [5.41, 5.74) is 0. The van der Waals surface area contributed by atoms with Crippen LogP contribution in [0.3, 0.4) is 0 Å². The molecule has 7 heteroatoms. The van der Waals surface area contributed by atoms with E-state index >= 15 is 0 Å². The van der Waals surface area contributed by atoms with Crippen molar-refractivity contribution in [2.24, 2.45) is 11.8 Å². The van der Waals surface area contributed by atoms with E-state index in [1.807, 2.05) is 4.90 Å². The lowest BCUT2D eigenvalue weighted by Gasteiger charge is -2.23. The zero-order chi connectivity index (χ0) is 15.6. The van der Waals surface area contributed by atoms with Gasteiger partial charge in [-0.3, -0.25) is 0 Å². The quantitative estimate of drug-likeness (QED) is 0.755. The summed E-state index contributed by atoms with van der Waals surface area (Å²) in [7, 11) is 0. The van der Waals surface area contributed by atoms with Crippen LogP contribution in [0.4, 0.5) is 19.0 Å². The smallest absolute Gasteiger partial charge is 0.356 e. The van der Waals surface area contributed by atoms with Crippen molar-refractivity contribution >= 4 is 17.4 Å². The van der Waals surface area contributed by atoms with E-state index in [1.165, 1.54) is 6.07 Å². The third-order valence-electron chi connectivity index (χ3n) is 3.97. The lowest BCUT2D eigenvalue weighted by molar-refractivity contribution is -0.144. The van der Waals surface area contributed by atoms with Gasteiger partial charge in [0.1, 0.15) is 11.0 Å². The number of aromatic nitrogens is 2. The van der Waals surface area contributed by atoms with Crippen LogP contribution in [0.15, 0.2) is 6.07 Å². The zero-order valence-corrected chi connectivity index (χ0v) is 12.9. The first-order chi connectivity index (χ1) is 9.77. The van der Waals surface area contributed by atoms with Crippen LogP contribution in [0.1, 0.15) is 38.9 Å². The molecule has 2 rings (SSSR count). The van der Waals surface area contributed by atoms with Crippen molar-refractivity contribution in [3.05, 3.63) is 17.0 Å². The first-order valence-electron chi connectivity index (χ1n) is 7.14. The maximum Gasteiger partial charge on any atom is 0.451 e. The normalized spacial score (nSPS) is 20.7. The van der Waals surface area contributed by atoms with Gasteiger partial charge in [-0.15, -0.1) is 0 Å². The Morgan fingerprint density at radius 2 is 1.95 bits per heavy atom. The molecule has 0 spiro atoms. The second-order valence-corrected chi connectivity index (χ2v) is 6.18. The summed E-state index contributed by atoms with van der Waals surface area (Å²) in [6.07, 6.45) is -1.57. The Kier molecular flexibility index (Phi) is 4.96. The minimum absolute atomic E-state index is 0.169. The average Bonchev–Trinajstić information content (AvgIpc) is 2.62. The summed E-state index contributed by atoms with van der Waals surface area (Å²) in [4.78, 5) is 8.79. The van der Waals surface area contributed by atoms with Crippen LogP contribution in [-0.2, 0) is 6.18 Å². The number of nitrogens with zero attached hydrogens (tertiary/aromatic N) is 3. The monoisotopic (exact) mass is 321 g/mol. The molecular weight excluding hydrogens is 303 g/mol. The standard InChI is InChI=1S/C14H19ClF3N3/c1-9(2)10-4-3-6-21(7-5-10)12-8-11(15)19-13(20-12)14(16,17)18/h8-10H,3-7H2,1-2H3. The molecule has 1 fully saturated rings. The van der Waals surface area contributed by atoms with Crippen molar-refractivity contribution in [2.75, 3.05) is 18.0 Å². The maximum atomic E-state index is 12.8. The molecule has 0 bridgehead atoms. The molecule has 1 saturated heterocycles. The Hall–Kier alpha value is -1.04. The molecule has 1 aliphatic heterocycles. The Labute approximate surface area is 127 Å². The van der Waals surface area contributed by atoms with Crippen LogP contribution in [0, 0.1) is 11.8 Å². The summed E-state index contributed by atoms with van der Waals surface area (Å²) in [6, 6.07) is 1.41. The molecule has 1 aromatic rings. The lowest BCUT2D eigenvalue weighted by atomic mass is 9.89. The number of alkyl halides is 3. The van der Waals surface area contributed by atoms with E-state index in [-0.39, 0.29) is 11.0 Å². The molecule has 3 nitrogen and oxygen atoms in total. The largest absolute Gasteiger partial charge is 0.451 e. The van der Waals surface area contributed by atoms with Crippen molar-refractivity contribution in [3.63, 3.8) is 0 Å². The molecule has 1 unspecified atom stereocenters. The van der Waals surface area contributed by atoms with Gasteiger partial charge in [0.2, 0.25) is 5.82 Å². The molecule has 0 saturated carbocycles. The zero-order valence-electron chi connectivity index (χ0n) is 12.1. The number of halogens is 4. The van der Waals surface area contributed by atoms with Gasteiger partial charge in [-0.25, -0.2) is 9.97 Å². The molecule has 0 aliphatic carbocycles. The highest BCUT2D eigenvalue weighted by Crippen LogP contribution is 2.31. The van der Waals surface area contributed by atoms with Crippen molar-refractivity contribution in [3.8, 4) is 0 Å². The van der Waals surface area contributed by atoms with Crippen molar-refractivity contribution < 1.29 is 13.2 Å². The third kappa shape index (κ3) is 4.22. The van der Waals surface area contributed by atoms with Crippen LogP contribution >= 0.6 is 11.6 Å². The minimum atomic E-state index is -4.58. The van der Waals surface area contributed by atoms with Crippen LogP contribution in [-0.4, -0.2) is 23.1 Å². The molecule has 118 valence electrons. The van der Waals surface area contributed by atoms with Gasteiger partial charge in [0, 0.05) is 19.2 Å². The minimum Gasteiger partial charge on any atom is -0.356 e. The maximum absolute atomic E-state index is 12.8. The third-order valence-corrected chi connectivity index (χ3v) is 4.17. The predicted octanol–water partition coefficient (Wildman–Crippen LogP) is 4.41. The average molecular weight is 322 g/mol. The number of hydrogen-bond donors (Lipinski definition) is 0. The summed E-state index contributed by atoms with van der Waals surface area (Å²) in [5.74, 6) is 0.292. The summed E-state index contributed by atoms with van der Waals surface area (Å²) in [5, 5.41) is -0.169. The van der Waals surface area contributed by atoms with E-state index < -0.39 is 12.0 Å². The van der Waals surface area contributed by atoms with Crippen LogP contribution in [0.2, 0.25) is 5.15 Å². The van der Waals surface area contributed by atoms with Crippen molar-refractivity contribution in [1.82, 2.24) is 9.97 Å². The number of hydrogen-bond acceptors (Lipinski definition) is 3. The molecule has 1 atom stereocenters. The van der Waals surface area contributed by atoms with E-state index in [1.54, 1.807) is 0 Å². The first kappa shape index (κ1) is 16.3. The molecule has 0 radical (unpaired) electrons. The second-order valence-electron chi connectivity index (χ2n) is 5.79. The molecule has 21 heavy (non-hydrogen) atoms. The Morgan fingerprint density at radius 1 is 1.24 bits per heavy atom. The molecule has 1 aromatic heterocycles. The summed E-state index contributed by atoms with van der Waals surface area (Å²) < 4.78 is 38.3. The van der Waals surface area contributed by atoms with Gasteiger partial charge in [-0.1, -0.05) is 25.4 Å². The lowest BCUT2D eigenvalue weighted by Crippen LogP contribution is -2.27. The molecule has 0 amide bonds. The van der Waals surface area contributed by atoms with Crippen LogP contribution < -0.4 is 4.90 Å². The Bertz CT molecular complexity index is 491. The van der Waals surface area contributed by atoms with Gasteiger partial charge < -0.3 is 4.90 Å². The Balaban J connectivity index is 2.20. The number of rotatable bonds is 2. The van der Waals surface area contributed by atoms with Gasteiger partial charge in [-0.2, -0.15) is 13.2 Å². The second kappa shape index (κ2) is 6.38. The Morgan fingerprint density at radius 3 is 2.57 bits per heavy atom. The molecule has 0 aromatic carbocycles. The number of anilines is 1. The van der Waals surface area contributed by atoms with Gasteiger partial charge in [0.15, 0.2) is 0 Å². The van der Waals surface area contributed by atoms with E-state index in [0.717, 1.165) is 19.3 Å². The fraction of sp³-hybridized carbons (Fsp3) is 0.714. The summed E-state index contributed by atoms with van der Waals surface area (Å²) >= 11 is 5.72. The molecular formula is C14H19ClF3N3.